The molecule has 0 fully saturated rings. The zero-order valence-corrected chi connectivity index (χ0v) is 21.0. The summed E-state index contributed by atoms with van der Waals surface area (Å²) in [5, 5.41) is 0.512. The summed E-state index contributed by atoms with van der Waals surface area (Å²) in [5.74, 6) is -1.54. The lowest BCUT2D eigenvalue weighted by atomic mass is 9.91. The lowest BCUT2D eigenvalue weighted by Gasteiger charge is -2.25. The molecule has 1 aromatic heterocycles. The van der Waals surface area contributed by atoms with Gasteiger partial charge in [-0.15, -0.1) is 0 Å². The monoisotopic (exact) mass is 562 g/mol. The Kier molecular flexibility index (Phi) is 6.71. The molecule has 1 amide bonds. The molecular weight excluding hydrogens is 541 g/mol. The molecule has 0 N–H and O–H groups in total. The topological polar surface area (TPSA) is 42.3 Å². The molecule has 0 radical (unpaired) electrons. The normalized spacial score (nSPS) is 13.5. The van der Waals surface area contributed by atoms with Gasteiger partial charge in [-0.1, -0.05) is 30.3 Å². The molecule has 0 aliphatic carbocycles. The number of aryl methyl sites for hydroxylation is 2. The fraction of sp³-hybridized carbons (Fsp3) is 0.241. The zero-order chi connectivity index (χ0) is 29.0. The minimum atomic E-state index is -5.05. The minimum Gasteiger partial charge on any atom is -0.337 e. The van der Waals surface area contributed by atoms with Crippen molar-refractivity contribution in [1.29, 1.82) is 0 Å². The van der Waals surface area contributed by atoms with E-state index in [9.17, 15) is 40.3 Å². The Morgan fingerprint density at radius 1 is 0.925 bits per heavy atom. The average molecular weight is 562 g/mol. The first-order chi connectivity index (χ1) is 18.8. The molecule has 5 rings (SSSR count). The quantitative estimate of drug-likeness (QED) is 0.250. The van der Waals surface area contributed by atoms with Gasteiger partial charge in [-0.25, -0.2) is 4.39 Å². The van der Waals surface area contributed by atoms with Gasteiger partial charge in [0.2, 0.25) is 0 Å². The summed E-state index contributed by atoms with van der Waals surface area (Å²) in [5.41, 5.74) is -2.60. The van der Waals surface area contributed by atoms with Gasteiger partial charge in [0.05, 0.1) is 16.6 Å². The lowest BCUT2D eigenvalue weighted by molar-refractivity contribution is -0.143. The molecule has 11 heteroatoms. The number of benzene rings is 3. The minimum absolute atomic E-state index is 0.00539. The van der Waals surface area contributed by atoms with Gasteiger partial charge in [0.1, 0.15) is 11.4 Å². The molecule has 208 valence electrons. The second-order valence-electron chi connectivity index (χ2n) is 9.71. The molecule has 0 saturated carbocycles. The largest absolute Gasteiger partial charge is 0.416 e. The Balaban J connectivity index is 1.67. The number of aromatic nitrogens is 1. The smallest absolute Gasteiger partial charge is 0.337 e. The molecule has 4 nitrogen and oxygen atoms in total. The van der Waals surface area contributed by atoms with E-state index >= 15 is 0 Å². The molecule has 0 spiro atoms. The molecule has 3 aromatic carbocycles. The summed E-state index contributed by atoms with van der Waals surface area (Å²) >= 11 is 0. The molecule has 1 aliphatic rings. The van der Waals surface area contributed by atoms with Gasteiger partial charge < -0.3 is 9.47 Å². The van der Waals surface area contributed by atoms with Crippen molar-refractivity contribution < 1.29 is 35.5 Å². The predicted octanol–water partition coefficient (Wildman–Crippen LogP) is 7.06. The maximum absolute atomic E-state index is 14.3. The number of hydrogen-bond donors (Lipinski definition) is 0. The van der Waals surface area contributed by atoms with Crippen molar-refractivity contribution in [3.63, 3.8) is 0 Å². The van der Waals surface area contributed by atoms with Gasteiger partial charge >= 0.3 is 12.4 Å². The number of alkyl halides is 6. The fourth-order valence-corrected chi connectivity index (χ4v) is 5.22. The molecular formula is C29H21F7N2O2. The number of pyridine rings is 1. The van der Waals surface area contributed by atoms with Crippen molar-refractivity contribution in [2.45, 2.75) is 38.3 Å². The van der Waals surface area contributed by atoms with Crippen LogP contribution in [0.1, 0.15) is 39.0 Å². The Hall–Kier alpha value is -4.15. The van der Waals surface area contributed by atoms with E-state index in [1.165, 1.54) is 29.8 Å². The lowest BCUT2D eigenvalue weighted by Crippen LogP contribution is -2.36. The van der Waals surface area contributed by atoms with Crippen LogP contribution in [0.5, 0.6) is 0 Å². The van der Waals surface area contributed by atoms with Gasteiger partial charge in [0, 0.05) is 31.1 Å². The Bertz CT molecular complexity index is 1670. The van der Waals surface area contributed by atoms with Crippen molar-refractivity contribution >= 4 is 16.8 Å². The highest BCUT2D eigenvalue weighted by atomic mass is 19.4. The molecule has 1 aliphatic heterocycles. The van der Waals surface area contributed by atoms with Crippen LogP contribution in [0.15, 0.2) is 65.5 Å². The fourth-order valence-electron chi connectivity index (χ4n) is 5.22. The summed E-state index contributed by atoms with van der Waals surface area (Å²) in [4.78, 5) is 28.5. The summed E-state index contributed by atoms with van der Waals surface area (Å²) < 4.78 is 95.9. The highest BCUT2D eigenvalue weighted by Crippen LogP contribution is 2.38. The maximum Gasteiger partial charge on any atom is 0.416 e. The Morgan fingerprint density at radius 2 is 1.57 bits per heavy atom. The van der Waals surface area contributed by atoms with Crippen LogP contribution in [-0.2, 0) is 31.9 Å². The van der Waals surface area contributed by atoms with Gasteiger partial charge in [-0.2, -0.15) is 26.3 Å². The van der Waals surface area contributed by atoms with E-state index in [-0.39, 0.29) is 22.8 Å². The van der Waals surface area contributed by atoms with Gasteiger partial charge in [0.25, 0.3) is 11.5 Å². The average Bonchev–Trinajstić information content (AvgIpc) is 2.89. The zero-order valence-electron chi connectivity index (χ0n) is 21.0. The standard InChI is InChI=1S/C29H21F7N2O2/c1-37(15-16-11-19(28(31,32)33)14-20(12-16)29(34,35)36)26(39)24-23(18-6-2-8-21(30)13-18)22-9-3-5-17-7-4-10-38(25(17)22)27(24)40/h2-3,5-6,8-9,11-14H,4,7,10,15H2,1H3. The van der Waals surface area contributed by atoms with Crippen molar-refractivity contribution in [3.05, 3.63) is 105 Å². The second-order valence-corrected chi connectivity index (χ2v) is 9.71. The van der Waals surface area contributed by atoms with Crippen LogP contribution >= 0.6 is 0 Å². The van der Waals surface area contributed by atoms with Crippen LogP contribution in [0.4, 0.5) is 30.7 Å². The number of carbonyl (C=O) groups is 1. The third kappa shape index (κ3) is 4.96. The number of nitrogens with zero attached hydrogens (tertiary/aromatic N) is 2. The Morgan fingerprint density at radius 3 is 2.20 bits per heavy atom. The highest BCUT2D eigenvalue weighted by molar-refractivity contribution is 6.09. The van der Waals surface area contributed by atoms with Crippen LogP contribution in [0, 0.1) is 5.82 Å². The van der Waals surface area contributed by atoms with Crippen LogP contribution in [0.2, 0.25) is 0 Å². The van der Waals surface area contributed by atoms with Crippen LogP contribution < -0.4 is 5.56 Å². The number of carbonyl (C=O) groups excluding carboxylic acids is 1. The molecule has 0 saturated heterocycles. The number of halogens is 7. The Labute approximate surface area is 223 Å². The number of amides is 1. The van der Waals surface area contributed by atoms with Crippen LogP contribution in [-0.4, -0.2) is 22.4 Å². The van der Waals surface area contributed by atoms with Gasteiger partial charge in [-0.3, -0.25) is 9.59 Å². The van der Waals surface area contributed by atoms with Crippen molar-refractivity contribution in [2.75, 3.05) is 7.05 Å². The molecule has 0 atom stereocenters. The summed E-state index contributed by atoms with van der Waals surface area (Å²) in [6.45, 7) is -0.339. The van der Waals surface area contributed by atoms with E-state index in [1.807, 2.05) is 6.07 Å². The molecule has 2 heterocycles. The van der Waals surface area contributed by atoms with Crippen molar-refractivity contribution in [3.8, 4) is 11.1 Å². The van der Waals surface area contributed by atoms with Crippen molar-refractivity contribution in [2.24, 2.45) is 0 Å². The van der Waals surface area contributed by atoms with E-state index in [0.717, 1.165) is 16.5 Å². The molecule has 4 aromatic rings. The van der Waals surface area contributed by atoms with E-state index in [4.69, 9.17) is 0 Å². The summed E-state index contributed by atoms with van der Waals surface area (Å²) in [7, 11) is 1.18. The molecule has 0 bridgehead atoms. The summed E-state index contributed by atoms with van der Waals surface area (Å²) in [6, 6.07) is 11.7. The van der Waals surface area contributed by atoms with E-state index in [2.05, 4.69) is 0 Å². The number of hydrogen-bond acceptors (Lipinski definition) is 2. The first-order valence-electron chi connectivity index (χ1n) is 12.2. The highest BCUT2D eigenvalue weighted by Gasteiger charge is 2.37. The van der Waals surface area contributed by atoms with E-state index in [0.29, 0.717) is 42.4 Å². The van der Waals surface area contributed by atoms with E-state index in [1.54, 1.807) is 12.1 Å². The first-order valence-corrected chi connectivity index (χ1v) is 12.2. The van der Waals surface area contributed by atoms with Crippen LogP contribution in [0.3, 0.4) is 0 Å². The molecule has 0 unspecified atom stereocenters. The molecule has 40 heavy (non-hydrogen) atoms. The predicted molar refractivity (Wildman–Crippen MR) is 134 cm³/mol. The third-order valence-electron chi connectivity index (χ3n) is 6.94. The summed E-state index contributed by atoms with van der Waals surface area (Å²) in [6.07, 6.45) is -8.80. The van der Waals surface area contributed by atoms with Gasteiger partial charge in [-0.05, 0) is 59.9 Å². The second kappa shape index (κ2) is 9.79. The van der Waals surface area contributed by atoms with Crippen molar-refractivity contribution in [1.82, 2.24) is 9.47 Å². The number of rotatable bonds is 4. The van der Waals surface area contributed by atoms with E-state index < -0.39 is 52.9 Å². The SMILES string of the molecule is CN(Cc1cc(C(F)(F)F)cc(C(F)(F)F)c1)C(=O)c1c(-c2cccc(F)c2)c2cccc3c2n(c1=O)CCC3. The third-order valence-corrected chi connectivity index (χ3v) is 6.94. The number of para-hydroxylation sites is 1. The van der Waals surface area contributed by atoms with Gasteiger partial charge in [0.15, 0.2) is 0 Å². The maximum atomic E-state index is 14.3. The first kappa shape index (κ1) is 27.4. The van der Waals surface area contributed by atoms with Crippen LogP contribution in [0.25, 0.3) is 22.0 Å².